The molecule has 2 heterocycles. The van der Waals surface area contributed by atoms with E-state index in [1.165, 1.54) is 4.31 Å². The quantitative estimate of drug-likeness (QED) is 0.835. The van der Waals surface area contributed by atoms with Gasteiger partial charge in [-0.1, -0.05) is 0 Å². The van der Waals surface area contributed by atoms with Gasteiger partial charge in [0.2, 0.25) is 10.0 Å². The topological polar surface area (TPSA) is 79.5 Å². The molecule has 1 atom stereocenters. The number of nitrogens with two attached hydrogens (primary N) is 1. The first-order chi connectivity index (χ1) is 9.45. The minimum Gasteiger partial charge on any atom is -0.325 e. The SMILES string of the molecule is CN1CCC(CN(C)S(=O)(=O)c2cccnc2CN)C1. The molecule has 0 radical (unpaired) electrons. The fraction of sp³-hybridized carbons (Fsp3) is 0.615. The molecule has 1 fully saturated rings. The van der Waals surface area contributed by atoms with Crippen LogP contribution in [0.3, 0.4) is 0 Å². The lowest BCUT2D eigenvalue weighted by Gasteiger charge is -2.21. The van der Waals surface area contributed by atoms with Crippen LogP contribution in [0.15, 0.2) is 23.2 Å². The van der Waals surface area contributed by atoms with E-state index in [-0.39, 0.29) is 11.4 Å². The summed E-state index contributed by atoms with van der Waals surface area (Å²) in [5, 5.41) is 0. The van der Waals surface area contributed by atoms with E-state index in [2.05, 4.69) is 16.9 Å². The second kappa shape index (κ2) is 6.17. The van der Waals surface area contributed by atoms with E-state index in [9.17, 15) is 8.42 Å². The van der Waals surface area contributed by atoms with Crippen molar-refractivity contribution in [2.24, 2.45) is 11.7 Å². The van der Waals surface area contributed by atoms with Crippen molar-refractivity contribution in [1.29, 1.82) is 0 Å². The van der Waals surface area contributed by atoms with Crippen LogP contribution < -0.4 is 5.73 Å². The Balaban J connectivity index is 2.17. The molecule has 1 unspecified atom stereocenters. The smallest absolute Gasteiger partial charge is 0.244 e. The second-order valence-electron chi connectivity index (χ2n) is 5.35. The molecule has 6 nitrogen and oxygen atoms in total. The predicted molar refractivity (Wildman–Crippen MR) is 77.5 cm³/mol. The minimum absolute atomic E-state index is 0.120. The molecular weight excluding hydrogens is 276 g/mol. The first-order valence-corrected chi connectivity index (χ1v) is 8.18. The summed E-state index contributed by atoms with van der Waals surface area (Å²) in [6.45, 7) is 2.62. The largest absolute Gasteiger partial charge is 0.325 e. The highest BCUT2D eigenvalue weighted by Crippen LogP contribution is 2.21. The number of rotatable bonds is 5. The fourth-order valence-corrected chi connectivity index (χ4v) is 4.04. The Kier molecular flexibility index (Phi) is 4.74. The van der Waals surface area contributed by atoms with Crippen molar-refractivity contribution in [2.45, 2.75) is 17.9 Å². The van der Waals surface area contributed by atoms with Gasteiger partial charge in [0, 0.05) is 32.9 Å². The van der Waals surface area contributed by atoms with Crippen LogP contribution in [-0.4, -0.2) is 56.3 Å². The summed E-state index contributed by atoms with van der Waals surface area (Å²) in [5.41, 5.74) is 6.00. The highest BCUT2D eigenvalue weighted by Gasteiger charge is 2.28. The third-order valence-corrected chi connectivity index (χ3v) is 5.63. The van der Waals surface area contributed by atoms with Gasteiger partial charge in [-0.05, 0) is 38.1 Å². The van der Waals surface area contributed by atoms with Gasteiger partial charge >= 0.3 is 0 Å². The molecule has 0 saturated carbocycles. The molecule has 0 spiro atoms. The molecule has 1 saturated heterocycles. The van der Waals surface area contributed by atoms with Crippen molar-refractivity contribution in [3.05, 3.63) is 24.0 Å². The number of nitrogens with zero attached hydrogens (tertiary/aromatic N) is 3. The van der Waals surface area contributed by atoms with E-state index in [0.717, 1.165) is 19.5 Å². The van der Waals surface area contributed by atoms with Gasteiger partial charge in [-0.15, -0.1) is 0 Å². The number of hydrogen-bond donors (Lipinski definition) is 1. The second-order valence-corrected chi connectivity index (χ2v) is 7.37. The van der Waals surface area contributed by atoms with Crippen LogP contribution in [0.25, 0.3) is 0 Å². The first-order valence-electron chi connectivity index (χ1n) is 6.74. The van der Waals surface area contributed by atoms with E-state index in [0.29, 0.717) is 18.2 Å². The molecule has 20 heavy (non-hydrogen) atoms. The Morgan fingerprint density at radius 3 is 2.90 bits per heavy atom. The van der Waals surface area contributed by atoms with Gasteiger partial charge in [0.25, 0.3) is 0 Å². The van der Waals surface area contributed by atoms with Crippen molar-refractivity contribution < 1.29 is 8.42 Å². The highest BCUT2D eigenvalue weighted by molar-refractivity contribution is 7.89. The Labute approximate surface area is 120 Å². The molecular formula is C13H22N4O2S. The Morgan fingerprint density at radius 2 is 2.30 bits per heavy atom. The summed E-state index contributed by atoms with van der Waals surface area (Å²) in [4.78, 5) is 6.49. The van der Waals surface area contributed by atoms with E-state index >= 15 is 0 Å². The lowest BCUT2D eigenvalue weighted by molar-refractivity contribution is 0.356. The normalized spacial score (nSPS) is 20.7. The molecule has 1 aliphatic heterocycles. The first kappa shape index (κ1) is 15.4. The molecule has 0 amide bonds. The summed E-state index contributed by atoms with van der Waals surface area (Å²) >= 11 is 0. The van der Waals surface area contributed by atoms with E-state index < -0.39 is 10.0 Å². The average Bonchev–Trinajstić information content (AvgIpc) is 2.84. The van der Waals surface area contributed by atoms with Crippen LogP contribution in [0.2, 0.25) is 0 Å². The number of sulfonamides is 1. The van der Waals surface area contributed by atoms with E-state index in [1.807, 2.05) is 0 Å². The van der Waals surface area contributed by atoms with E-state index in [1.54, 1.807) is 25.4 Å². The molecule has 2 rings (SSSR count). The lowest BCUT2D eigenvalue weighted by atomic mass is 10.1. The van der Waals surface area contributed by atoms with Crippen molar-refractivity contribution in [2.75, 3.05) is 33.7 Å². The molecule has 0 bridgehead atoms. The van der Waals surface area contributed by atoms with Crippen LogP contribution in [0, 0.1) is 5.92 Å². The molecule has 0 aromatic carbocycles. The van der Waals surface area contributed by atoms with Gasteiger partial charge in [-0.2, -0.15) is 0 Å². The van der Waals surface area contributed by atoms with Gasteiger partial charge in [-0.3, -0.25) is 4.98 Å². The zero-order valence-corrected chi connectivity index (χ0v) is 12.8. The molecule has 7 heteroatoms. The average molecular weight is 298 g/mol. The number of aromatic nitrogens is 1. The maximum Gasteiger partial charge on any atom is 0.244 e. The fourth-order valence-electron chi connectivity index (χ4n) is 2.62. The predicted octanol–water partition coefficient (Wildman–Crippen LogP) is 0.113. The molecule has 1 aromatic rings. The molecule has 1 aromatic heterocycles. The molecule has 1 aliphatic rings. The van der Waals surface area contributed by atoms with Gasteiger partial charge in [-0.25, -0.2) is 12.7 Å². The van der Waals surface area contributed by atoms with Gasteiger partial charge in [0.1, 0.15) is 4.90 Å². The highest BCUT2D eigenvalue weighted by atomic mass is 32.2. The van der Waals surface area contributed by atoms with Crippen molar-refractivity contribution in [1.82, 2.24) is 14.2 Å². The summed E-state index contributed by atoms with van der Waals surface area (Å²) in [6, 6.07) is 3.20. The lowest BCUT2D eigenvalue weighted by Crippen LogP contribution is -2.33. The maximum atomic E-state index is 12.6. The maximum absolute atomic E-state index is 12.6. The summed E-state index contributed by atoms with van der Waals surface area (Å²) in [5.74, 6) is 0.387. The number of pyridine rings is 1. The molecule has 2 N–H and O–H groups in total. The van der Waals surface area contributed by atoms with Crippen LogP contribution in [0.1, 0.15) is 12.1 Å². The van der Waals surface area contributed by atoms with E-state index in [4.69, 9.17) is 5.73 Å². The Morgan fingerprint density at radius 1 is 1.55 bits per heavy atom. The van der Waals surface area contributed by atoms with Crippen LogP contribution in [-0.2, 0) is 16.6 Å². The minimum atomic E-state index is -3.51. The monoisotopic (exact) mass is 298 g/mol. The number of hydrogen-bond acceptors (Lipinski definition) is 5. The van der Waals surface area contributed by atoms with Crippen LogP contribution >= 0.6 is 0 Å². The molecule has 112 valence electrons. The standard InChI is InChI=1S/C13H22N4O2S/c1-16-7-5-11(9-16)10-17(2)20(18,19)13-4-3-6-15-12(13)8-14/h3-4,6,11H,5,7-10,14H2,1-2H3. The summed E-state index contributed by atoms with van der Waals surface area (Å²) in [7, 11) is 0.169. The Hall–Kier alpha value is -1.02. The zero-order chi connectivity index (χ0) is 14.8. The van der Waals surface area contributed by atoms with Crippen molar-refractivity contribution >= 4 is 10.0 Å². The zero-order valence-electron chi connectivity index (χ0n) is 12.0. The molecule has 0 aliphatic carbocycles. The van der Waals surface area contributed by atoms with Crippen molar-refractivity contribution in [3.63, 3.8) is 0 Å². The third kappa shape index (κ3) is 3.17. The summed E-state index contributed by atoms with van der Waals surface area (Å²) < 4.78 is 26.6. The van der Waals surface area contributed by atoms with Gasteiger partial charge in [0.05, 0.1) is 5.69 Å². The Bertz CT molecular complexity index is 561. The number of likely N-dealkylation sites (tertiary alicyclic amines) is 1. The summed E-state index contributed by atoms with van der Waals surface area (Å²) in [6.07, 6.45) is 2.60. The van der Waals surface area contributed by atoms with Crippen LogP contribution in [0.4, 0.5) is 0 Å². The van der Waals surface area contributed by atoms with Gasteiger partial charge in [0.15, 0.2) is 0 Å². The van der Waals surface area contributed by atoms with Gasteiger partial charge < -0.3 is 10.6 Å². The van der Waals surface area contributed by atoms with Crippen LogP contribution in [0.5, 0.6) is 0 Å². The third-order valence-electron chi connectivity index (χ3n) is 3.73. The van der Waals surface area contributed by atoms with Crippen molar-refractivity contribution in [3.8, 4) is 0 Å².